The molecule has 1 aromatic heterocycles. The number of rotatable bonds is 8. The molecule has 0 saturated heterocycles. The summed E-state index contributed by atoms with van der Waals surface area (Å²) in [7, 11) is 0. The smallest absolute Gasteiger partial charge is 0.383 e. The van der Waals surface area contributed by atoms with Crippen LogP contribution < -0.4 is 19.8 Å². The lowest BCUT2D eigenvalue weighted by Gasteiger charge is -2.23. The van der Waals surface area contributed by atoms with Gasteiger partial charge in [-0.15, -0.1) is 0 Å². The zero-order valence-electron chi connectivity index (χ0n) is 19.5. The first-order valence-corrected chi connectivity index (χ1v) is 10.4. The Morgan fingerprint density at radius 3 is 2.39 bits per heavy atom. The van der Waals surface area contributed by atoms with Crippen molar-refractivity contribution in [1.82, 2.24) is 0 Å². The van der Waals surface area contributed by atoms with Crippen LogP contribution in [0.2, 0.25) is 0 Å². The number of esters is 1. The second-order valence-corrected chi connectivity index (χ2v) is 8.67. The first-order chi connectivity index (χ1) is 14.5. The van der Waals surface area contributed by atoms with Crippen LogP contribution in [0, 0.1) is 0 Å². The number of fused-ring (bicyclic) bond motifs is 1. The minimum atomic E-state index is -0.783. The Hall–Kier alpha value is -3.02. The minimum absolute atomic E-state index is 0.134. The van der Waals surface area contributed by atoms with Crippen molar-refractivity contribution in [2.24, 2.45) is 0 Å². The van der Waals surface area contributed by atoms with E-state index in [0.29, 0.717) is 16.7 Å². The number of ether oxygens (including phenoxy) is 3. The van der Waals surface area contributed by atoms with Crippen LogP contribution in [0.5, 0.6) is 17.2 Å². The van der Waals surface area contributed by atoms with Gasteiger partial charge in [-0.25, -0.2) is 4.79 Å². The number of carbonyl (C=O) groups is 1. The summed E-state index contributed by atoms with van der Waals surface area (Å²) in [6.45, 7) is 13.3. The molecule has 0 N–H and O–H groups in total. The number of benzene rings is 1. The van der Waals surface area contributed by atoms with Gasteiger partial charge in [-0.05, 0) is 72.6 Å². The highest BCUT2D eigenvalue weighted by atomic mass is 16.6. The van der Waals surface area contributed by atoms with E-state index in [1.54, 1.807) is 18.2 Å². The van der Waals surface area contributed by atoms with Crippen molar-refractivity contribution in [3.05, 3.63) is 51.9 Å². The van der Waals surface area contributed by atoms with Crippen molar-refractivity contribution in [1.29, 1.82) is 0 Å². The number of hydrogen-bond acceptors (Lipinski definition) is 6. The first kappa shape index (κ1) is 24.3. The molecular weight excluding hydrogens is 396 g/mol. The molecule has 2 aromatic rings. The topological polar surface area (TPSA) is 75.0 Å². The summed E-state index contributed by atoms with van der Waals surface area (Å²) in [5.74, 6) is -0.309. The normalized spacial score (nSPS) is 11.9. The Balaban J connectivity index is 2.48. The van der Waals surface area contributed by atoms with Crippen LogP contribution in [0.3, 0.4) is 0 Å². The largest absolute Gasteiger partial charge is 0.487 e. The zero-order valence-corrected chi connectivity index (χ0v) is 19.5. The minimum Gasteiger partial charge on any atom is -0.487 e. The Morgan fingerprint density at radius 2 is 1.77 bits per heavy atom. The lowest BCUT2D eigenvalue weighted by Crippen LogP contribution is -2.23. The molecule has 168 valence electrons. The van der Waals surface area contributed by atoms with Crippen LogP contribution in [0.4, 0.5) is 0 Å². The molecule has 0 amide bonds. The third kappa shape index (κ3) is 7.31. The molecular formula is C25H32O6. The van der Waals surface area contributed by atoms with E-state index in [1.165, 1.54) is 12.5 Å². The molecule has 0 fully saturated rings. The van der Waals surface area contributed by atoms with E-state index < -0.39 is 17.2 Å². The van der Waals surface area contributed by atoms with Crippen LogP contribution in [-0.2, 0) is 4.79 Å². The van der Waals surface area contributed by atoms with E-state index in [-0.39, 0.29) is 18.1 Å². The zero-order chi connectivity index (χ0) is 23.2. The fraction of sp³-hybridized carbons (Fsp3) is 0.440. The maximum absolute atomic E-state index is 12.5. The number of hydrogen-bond donors (Lipinski definition) is 0. The molecule has 0 bridgehead atoms. The summed E-state index contributed by atoms with van der Waals surface area (Å²) in [5, 5.41) is 0.448. The van der Waals surface area contributed by atoms with E-state index >= 15 is 0 Å². The second-order valence-electron chi connectivity index (χ2n) is 8.67. The molecule has 0 radical (unpaired) electrons. The Morgan fingerprint density at radius 1 is 1.06 bits per heavy atom. The monoisotopic (exact) mass is 428 g/mol. The van der Waals surface area contributed by atoms with Crippen LogP contribution in [0.25, 0.3) is 11.0 Å². The van der Waals surface area contributed by atoms with Gasteiger partial charge in [0.2, 0.25) is 0 Å². The Kier molecular flexibility index (Phi) is 8.08. The summed E-state index contributed by atoms with van der Waals surface area (Å²) >= 11 is 0. The molecule has 0 atom stereocenters. The highest BCUT2D eigenvalue weighted by Crippen LogP contribution is 2.40. The van der Waals surface area contributed by atoms with Gasteiger partial charge in [-0.3, -0.25) is 4.79 Å². The molecule has 0 spiro atoms. The maximum Gasteiger partial charge on any atom is 0.383 e. The lowest BCUT2D eigenvalue weighted by molar-refractivity contribution is -0.132. The van der Waals surface area contributed by atoms with Crippen molar-refractivity contribution in [2.45, 2.75) is 66.9 Å². The molecule has 0 unspecified atom stereocenters. The van der Waals surface area contributed by atoms with Gasteiger partial charge in [0, 0.05) is 6.92 Å². The summed E-state index contributed by atoms with van der Waals surface area (Å²) < 4.78 is 22.6. The molecule has 6 heteroatoms. The molecule has 0 aliphatic rings. The maximum atomic E-state index is 12.5. The van der Waals surface area contributed by atoms with Gasteiger partial charge in [-0.1, -0.05) is 23.3 Å². The van der Waals surface area contributed by atoms with Gasteiger partial charge in [0.1, 0.15) is 28.9 Å². The highest BCUT2D eigenvalue weighted by Gasteiger charge is 2.24. The SMILES string of the molecule is CC(=O)Oc1c(OC/C=C(\C)CCC=C(C)C)c2c(OC(C)(C)C)cccc2oc1=O. The number of carbonyl (C=O) groups excluding carboxylic acids is 1. The molecule has 31 heavy (non-hydrogen) atoms. The molecule has 0 aliphatic heterocycles. The van der Waals surface area contributed by atoms with Crippen LogP contribution in [0.15, 0.2) is 50.7 Å². The first-order valence-electron chi connectivity index (χ1n) is 10.4. The van der Waals surface area contributed by atoms with Crippen LogP contribution >= 0.6 is 0 Å². The summed E-state index contributed by atoms with van der Waals surface area (Å²) in [6.07, 6.45) is 5.99. The standard InChI is InChI=1S/C25H32O6/c1-16(2)10-8-11-17(3)14-15-28-22-21-19(30-24(27)23(22)29-18(4)26)12-9-13-20(21)31-25(5,6)7/h9-10,12-14H,8,11,15H2,1-7H3/b17-14+. The second kappa shape index (κ2) is 10.3. The lowest BCUT2D eigenvalue weighted by atomic mass is 10.1. The molecule has 2 rings (SSSR count). The summed E-state index contributed by atoms with van der Waals surface area (Å²) in [6, 6.07) is 5.14. The molecule has 1 aromatic carbocycles. The van der Waals surface area contributed by atoms with Crippen molar-refractivity contribution in [3.63, 3.8) is 0 Å². The third-order valence-corrected chi connectivity index (χ3v) is 4.22. The van der Waals surface area contributed by atoms with Crippen LogP contribution in [-0.4, -0.2) is 18.2 Å². The van der Waals surface area contributed by atoms with Gasteiger partial charge < -0.3 is 18.6 Å². The molecule has 6 nitrogen and oxygen atoms in total. The third-order valence-electron chi connectivity index (χ3n) is 4.22. The fourth-order valence-electron chi connectivity index (χ4n) is 2.91. The molecule has 0 saturated carbocycles. The van der Waals surface area contributed by atoms with E-state index in [0.717, 1.165) is 18.4 Å². The van der Waals surface area contributed by atoms with Gasteiger partial charge in [0.05, 0.1) is 0 Å². The molecule has 0 aliphatic carbocycles. The van der Waals surface area contributed by atoms with E-state index in [1.807, 2.05) is 33.8 Å². The Labute approximate surface area is 183 Å². The average Bonchev–Trinajstić information content (AvgIpc) is 2.62. The summed E-state index contributed by atoms with van der Waals surface area (Å²) in [5.41, 5.74) is 1.45. The van der Waals surface area contributed by atoms with Gasteiger partial charge in [0.15, 0.2) is 5.75 Å². The van der Waals surface area contributed by atoms with E-state index in [4.69, 9.17) is 18.6 Å². The van der Waals surface area contributed by atoms with Crippen molar-refractivity contribution in [2.75, 3.05) is 6.61 Å². The number of allylic oxidation sites excluding steroid dienone is 3. The van der Waals surface area contributed by atoms with Crippen molar-refractivity contribution >= 4 is 16.9 Å². The van der Waals surface area contributed by atoms with Crippen LogP contribution in [0.1, 0.15) is 61.3 Å². The summed E-state index contributed by atoms with van der Waals surface area (Å²) in [4.78, 5) is 24.1. The average molecular weight is 429 g/mol. The van der Waals surface area contributed by atoms with E-state index in [9.17, 15) is 9.59 Å². The predicted octanol–water partition coefficient (Wildman–Crippen LogP) is 5.97. The predicted molar refractivity (Wildman–Crippen MR) is 122 cm³/mol. The van der Waals surface area contributed by atoms with Gasteiger partial charge >= 0.3 is 11.6 Å². The quantitative estimate of drug-likeness (QED) is 0.293. The van der Waals surface area contributed by atoms with E-state index in [2.05, 4.69) is 19.9 Å². The van der Waals surface area contributed by atoms with Crippen molar-refractivity contribution < 1.29 is 23.4 Å². The highest BCUT2D eigenvalue weighted by molar-refractivity contribution is 5.92. The van der Waals surface area contributed by atoms with Gasteiger partial charge in [-0.2, -0.15) is 0 Å². The fourth-order valence-corrected chi connectivity index (χ4v) is 2.91. The van der Waals surface area contributed by atoms with Gasteiger partial charge in [0.25, 0.3) is 5.75 Å². The Bertz CT molecular complexity index is 1050. The van der Waals surface area contributed by atoms with Crippen molar-refractivity contribution in [3.8, 4) is 17.2 Å². The molecule has 1 heterocycles.